The maximum absolute atomic E-state index is 13.1. The highest BCUT2D eigenvalue weighted by Gasteiger charge is 2.30. The highest BCUT2D eigenvalue weighted by Crippen LogP contribution is 2.19. The van der Waals surface area contributed by atoms with Gasteiger partial charge in [-0.05, 0) is 42.7 Å². The van der Waals surface area contributed by atoms with Gasteiger partial charge < -0.3 is 10.2 Å². The number of piperidine rings is 1. The molecule has 7 nitrogen and oxygen atoms in total. The number of pyridine rings is 1. The lowest BCUT2D eigenvalue weighted by Gasteiger charge is -2.34. The summed E-state index contributed by atoms with van der Waals surface area (Å²) in [6, 6.07) is 10.1. The largest absolute Gasteiger partial charge is 0.381 e. The van der Waals surface area contributed by atoms with E-state index in [0.717, 1.165) is 24.1 Å². The Balaban J connectivity index is 1.35. The quantitative estimate of drug-likeness (QED) is 0.824. The molecule has 4 rings (SSSR count). The summed E-state index contributed by atoms with van der Waals surface area (Å²) in [6.45, 7) is 1.51. The Labute approximate surface area is 174 Å². The van der Waals surface area contributed by atoms with Crippen molar-refractivity contribution in [3.05, 3.63) is 60.2 Å². The van der Waals surface area contributed by atoms with Crippen LogP contribution >= 0.6 is 0 Å². The summed E-state index contributed by atoms with van der Waals surface area (Å²) in [7, 11) is 0. The molecule has 0 bridgehead atoms. The standard InChI is InChI=1S/C22H24FN5O2/c23-17-5-3-16(4-6-17)15-28-21(29)8-7-20(26-28)22(30)27-12-9-18(10-13-27)25-19-2-1-11-24-14-19/h1-6,11,14,18,25H,7-10,12-13,15H2. The van der Waals surface area contributed by atoms with Crippen LogP contribution in [0.25, 0.3) is 0 Å². The van der Waals surface area contributed by atoms with E-state index in [1.54, 1.807) is 24.5 Å². The zero-order valence-corrected chi connectivity index (χ0v) is 16.6. The first-order valence-electron chi connectivity index (χ1n) is 10.2. The molecule has 0 unspecified atom stereocenters. The van der Waals surface area contributed by atoms with Crippen molar-refractivity contribution in [1.82, 2.24) is 14.9 Å². The lowest BCUT2D eigenvalue weighted by molar-refractivity contribution is -0.132. The first-order valence-corrected chi connectivity index (χ1v) is 10.2. The van der Waals surface area contributed by atoms with Gasteiger partial charge in [-0.15, -0.1) is 0 Å². The average Bonchev–Trinajstić information content (AvgIpc) is 2.77. The number of hydrogen-bond donors (Lipinski definition) is 1. The number of hydrogen-bond acceptors (Lipinski definition) is 5. The second kappa shape index (κ2) is 9.02. The van der Waals surface area contributed by atoms with E-state index in [9.17, 15) is 14.0 Å². The minimum absolute atomic E-state index is 0.105. The summed E-state index contributed by atoms with van der Waals surface area (Å²) in [4.78, 5) is 31.1. The van der Waals surface area contributed by atoms with Crippen LogP contribution < -0.4 is 5.32 Å². The fourth-order valence-electron chi connectivity index (χ4n) is 3.74. The van der Waals surface area contributed by atoms with Crippen LogP contribution in [0.4, 0.5) is 10.1 Å². The molecule has 1 aromatic heterocycles. The van der Waals surface area contributed by atoms with Crippen LogP contribution in [0.5, 0.6) is 0 Å². The van der Waals surface area contributed by atoms with Crippen molar-refractivity contribution in [1.29, 1.82) is 0 Å². The van der Waals surface area contributed by atoms with E-state index in [0.29, 0.717) is 31.3 Å². The van der Waals surface area contributed by atoms with Crippen LogP contribution in [-0.4, -0.2) is 51.6 Å². The Kier molecular flexibility index (Phi) is 6.02. The van der Waals surface area contributed by atoms with Crippen molar-refractivity contribution < 1.29 is 14.0 Å². The molecule has 1 saturated heterocycles. The number of aromatic nitrogens is 1. The number of halogens is 1. The van der Waals surface area contributed by atoms with Crippen LogP contribution in [0.15, 0.2) is 53.9 Å². The third-order valence-electron chi connectivity index (χ3n) is 5.41. The van der Waals surface area contributed by atoms with E-state index in [1.165, 1.54) is 17.1 Å². The zero-order chi connectivity index (χ0) is 20.9. The highest BCUT2D eigenvalue weighted by molar-refractivity contribution is 6.39. The molecule has 2 aliphatic heterocycles. The third-order valence-corrected chi connectivity index (χ3v) is 5.41. The van der Waals surface area contributed by atoms with Gasteiger partial charge in [0.05, 0.1) is 12.2 Å². The third kappa shape index (κ3) is 4.82. The fourth-order valence-corrected chi connectivity index (χ4v) is 3.74. The van der Waals surface area contributed by atoms with E-state index in [4.69, 9.17) is 0 Å². The second-order valence-electron chi connectivity index (χ2n) is 7.58. The van der Waals surface area contributed by atoms with Crippen LogP contribution in [0.3, 0.4) is 0 Å². The van der Waals surface area contributed by atoms with Gasteiger partial charge in [0.25, 0.3) is 5.91 Å². The summed E-state index contributed by atoms with van der Waals surface area (Å²) in [6.07, 6.45) is 5.82. The zero-order valence-electron chi connectivity index (χ0n) is 16.6. The Morgan fingerprint density at radius 2 is 1.90 bits per heavy atom. The minimum Gasteiger partial charge on any atom is -0.381 e. The lowest BCUT2D eigenvalue weighted by atomic mass is 10.0. The van der Waals surface area contributed by atoms with E-state index in [-0.39, 0.29) is 30.6 Å². The predicted octanol–water partition coefficient (Wildman–Crippen LogP) is 2.80. The molecule has 8 heteroatoms. The van der Waals surface area contributed by atoms with E-state index in [1.807, 2.05) is 17.0 Å². The Morgan fingerprint density at radius 1 is 1.13 bits per heavy atom. The minimum atomic E-state index is -0.329. The van der Waals surface area contributed by atoms with Crippen LogP contribution in [0.1, 0.15) is 31.2 Å². The number of rotatable bonds is 5. The number of hydrazone groups is 1. The molecule has 2 aromatic rings. The molecule has 1 N–H and O–H groups in total. The molecule has 30 heavy (non-hydrogen) atoms. The second-order valence-corrected chi connectivity index (χ2v) is 7.58. The van der Waals surface area contributed by atoms with Crippen molar-refractivity contribution in [3.63, 3.8) is 0 Å². The molecule has 3 heterocycles. The molecule has 156 valence electrons. The summed E-state index contributed by atoms with van der Waals surface area (Å²) >= 11 is 0. The Morgan fingerprint density at radius 3 is 2.60 bits per heavy atom. The fraction of sp³-hybridized carbons (Fsp3) is 0.364. The van der Waals surface area contributed by atoms with Gasteiger partial charge in [0.2, 0.25) is 5.91 Å². The number of carbonyl (C=O) groups is 2. The highest BCUT2D eigenvalue weighted by atomic mass is 19.1. The van der Waals surface area contributed by atoms with E-state index in [2.05, 4.69) is 15.4 Å². The van der Waals surface area contributed by atoms with Gasteiger partial charge in [-0.1, -0.05) is 12.1 Å². The van der Waals surface area contributed by atoms with Crippen molar-refractivity contribution in [2.45, 2.75) is 38.3 Å². The average molecular weight is 409 g/mol. The molecular weight excluding hydrogens is 385 g/mol. The van der Waals surface area contributed by atoms with Crippen LogP contribution in [0, 0.1) is 5.82 Å². The SMILES string of the molecule is O=C(C1=NN(Cc2ccc(F)cc2)C(=O)CC1)N1CCC(Nc2cccnc2)CC1. The molecule has 0 aliphatic carbocycles. The van der Waals surface area contributed by atoms with Crippen LogP contribution in [-0.2, 0) is 16.1 Å². The van der Waals surface area contributed by atoms with Gasteiger partial charge in [-0.25, -0.2) is 9.40 Å². The topological polar surface area (TPSA) is 77.9 Å². The molecule has 0 atom stereocenters. The maximum Gasteiger partial charge on any atom is 0.270 e. The molecule has 0 saturated carbocycles. The van der Waals surface area contributed by atoms with Crippen molar-refractivity contribution in [2.75, 3.05) is 18.4 Å². The monoisotopic (exact) mass is 409 g/mol. The summed E-state index contributed by atoms with van der Waals surface area (Å²) in [5, 5.41) is 9.11. The molecule has 1 fully saturated rings. The first-order chi connectivity index (χ1) is 14.6. The Hall–Kier alpha value is -3.29. The molecular formula is C22H24FN5O2. The normalized spacial score (nSPS) is 17.6. The van der Waals surface area contributed by atoms with Gasteiger partial charge in [0.1, 0.15) is 11.5 Å². The summed E-state index contributed by atoms with van der Waals surface area (Å²) in [5.41, 5.74) is 2.16. The summed E-state index contributed by atoms with van der Waals surface area (Å²) < 4.78 is 13.1. The number of amides is 2. The number of nitrogens with zero attached hydrogens (tertiary/aromatic N) is 4. The molecule has 1 aromatic carbocycles. The maximum atomic E-state index is 13.1. The molecule has 2 amide bonds. The van der Waals surface area contributed by atoms with Crippen molar-refractivity contribution in [3.8, 4) is 0 Å². The first kappa shape index (κ1) is 20.0. The number of carbonyl (C=O) groups excluding carboxylic acids is 2. The Bertz CT molecular complexity index is 924. The smallest absolute Gasteiger partial charge is 0.270 e. The number of likely N-dealkylation sites (tertiary alicyclic amines) is 1. The lowest BCUT2D eigenvalue weighted by Crippen LogP contribution is -2.46. The van der Waals surface area contributed by atoms with Crippen molar-refractivity contribution >= 4 is 23.2 Å². The summed E-state index contributed by atoms with van der Waals surface area (Å²) in [5.74, 6) is -0.564. The van der Waals surface area contributed by atoms with E-state index < -0.39 is 0 Å². The molecule has 0 spiro atoms. The number of anilines is 1. The van der Waals surface area contributed by atoms with Gasteiger partial charge in [-0.3, -0.25) is 14.6 Å². The van der Waals surface area contributed by atoms with Gasteiger partial charge in [-0.2, -0.15) is 5.10 Å². The molecule has 2 aliphatic rings. The molecule has 0 radical (unpaired) electrons. The van der Waals surface area contributed by atoms with Gasteiger partial charge in [0, 0.05) is 44.4 Å². The van der Waals surface area contributed by atoms with Crippen molar-refractivity contribution in [2.24, 2.45) is 5.10 Å². The van der Waals surface area contributed by atoms with Gasteiger partial charge in [0.15, 0.2) is 0 Å². The number of nitrogens with one attached hydrogen (secondary N) is 1. The predicted molar refractivity (Wildman–Crippen MR) is 111 cm³/mol. The van der Waals surface area contributed by atoms with Crippen LogP contribution in [0.2, 0.25) is 0 Å². The van der Waals surface area contributed by atoms with E-state index >= 15 is 0 Å². The number of benzene rings is 1. The van der Waals surface area contributed by atoms with Gasteiger partial charge >= 0.3 is 0 Å².